The minimum absolute atomic E-state index is 0. The van der Waals surface area contributed by atoms with Crippen molar-refractivity contribution in [2.24, 2.45) is 0 Å². The van der Waals surface area contributed by atoms with Crippen LogP contribution in [0, 0.1) is 0 Å². The van der Waals surface area contributed by atoms with E-state index in [4.69, 9.17) is 0 Å². The molecule has 0 saturated heterocycles. The summed E-state index contributed by atoms with van der Waals surface area (Å²) in [5, 5.41) is 1.20. The van der Waals surface area contributed by atoms with Crippen molar-refractivity contribution in [1.82, 2.24) is 14.8 Å². The molecule has 0 atom stereocenters. The van der Waals surface area contributed by atoms with Gasteiger partial charge in [-0.05, 0) is 18.6 Å². The van der Waals surface area contributed by atoms with E-state index in [1.807, 2.05) is 30.5 Å². The number of unbranched alkanes of at least 4 members (excludes halogenated alkanes) is 1. The van der Waals surface area contributed by atoms with Gasteiger partial charge in [-0.15, -0.1) is 0 Å². The zero-order valence-corrected chi connectivity index (χ0v) is 16.0. The van der Waals surface area contributed by atoms with Gasteiger partial charge in [-0.2, -0.15) is 0 Å². The number of rotatable bonds is 3. The average Bonchev–Trinajstić information content (AvgIpc) is 2.96. The number of hydrogen-bond donors (Lipinski definition) is 0. The summed E-state index contributed by atoms with van der Waals surface area (Å²) in [5.41, 5.74) is 1.06. The summed E-state index contributed by atoms with van der Waals surface area (Å²) in [4.78, 5) is 8.71. The van der Waals surface area contributed by atoms with Crippen molar-refractivity contribution in [3.05, 3.63) is 55.0 Å². The predicted octanol–water partition coefficient (Wildman–Crippen LogP) is 7.19. The third kappa shape index (κ3) is 13.8. The van der Waals surface area contributed by atoms with Crippen molar-refractivity contribution < 1.29 is 26.6 Å². The largest absolute Gasteiger partial charge is 1.00 e. The molecular weight excluding hydrogens is 391 g/mol. The minimum Gasteiger partial charge on any atom is -0.256 e. The van der Waals surface area contributed by atoms with Crippen molar-refractivity contribution in [2.45, 2.75) is 19.8 Å². The van der Waals surface area contributed by atoms with Crippen LogP contribution in [0.15, 0.2) is 55.0 Å². The van der Waals surface area contributed by atoms with E-state index < -0.39 is 7.81 Å². The SMILES string of the molecule is CCCCN1C=CN(C)C1.F[P-](F)(F)(F)(F)F.[H+].c1ccc2ncccc2c1. The molecule has 2 heterocycles. The molecule has 0 aliphatic carbocycles. The van der Waals surface area contributed by atoms with E-state index in [0.717, 1.165) is 12.2 Å². The van der Waals surface area contributed by atoms with Crippen molar-refractivity contribution in [3.63, 3.8) is 0 Å². The molecule has 154 valence electrons. The number of hydrogen-bond acceptors (Lipinski definition) is 3. The van der Waals surface area contributed by atoms with E-state index >= 15 is 0 Å². The van der Waals surface area contributed by atoms with E-state index in [2.05, 4.69) is 53.3 Å². The van der Waals surface area contributed by atoms with Crippen LogP contribution < -0.4 is 0 Å². The maximum atomic E-state index is 9.87. The minimum atomic E-state index is -10.7. The smallest absolute Gasteiger partial charge is 0.256 e. The molecule has 0 amide bonds. The standard InChI is InChI=1S/C9H7N.C8H16N2.F6P/c1-2-6-9-8(4-1)5-3-7-10-9;1-3-4-5-10-7-6-9(2)8-10;1-7(2,3,4,5)6/h1-7H;6-7H,3-5,8H2,1-2H3;/q;;-1/p+1. The summed E-state index contributed by atoms with van der Waals surface area (Å²) in [5.74, 6) is 0. The second-order valence-corrected chi connectivity index (χ2v) is 7.93. The normalized spacial score (nSPS) is 16.0. The summed E-state index contributed by atoms with van der Waals surface area (Å²) in [6, 6.07) is 12.1. The monoisotopic (exact) mass is 415 g/mol. The molecule has 0 unspecified atom stereocenters. The first-order valence-corrected chi connectivity index (χ1v) is 10.3. The topological polar surface area (TPSA) is 19.4 Å². The Bertz CT molecular complexity index is 678. The molecule has 27 heavy (non-hydrogen) atoms. The molecular formula is C17H24F6N3P. The molecule has 0 saturated carbocycles. The van der Waals surface area contributed by atoms with Crippen LogP contribution in [0.25, 0.3) is 10.9 Å². The second kappa shape index (κ2) is 8.33. The van der Waals surface area contributed by atoms with Crippen LogP contribution in [0.2, 0.25) is 0 Å². The van der Waals surface area contributed by atoms with Gasteiger partial charge in [0.2, 0.25) is 0 Å². The summed E-state index contributed by atoms with van der Waals surface area (Å²) < 4.78 is 59.2. The Hall–Kier alpha value is -2.02. The zero-order chi connectivity index (χ0) is 20.6. The van der Waals surface area contributed by atoms with Gasteiger partial charge < -0.3 is 9.80 Å². The first-order valence-electron chi connectivity index (χ1n) is 8.23. The fourth-order valence-corrected chi connectivity index (χ4v) is 2.11. The fraction of sp³-hybridized carbons (Fsp3) is 0.353. The molecule has 0 N–H and O–H groups in total. The summed E-state index contributed by atoms with van der Waals surface area (Å²) in [7, 11) is -8.56. The molecule has 3 rings (SSSR count). The third-order valence-corrected chi connectivity index (χ3v) is 3.25. The molecule has 1 aromatic carbocycles. The average molecular weight is 415 g/mol. The number of benzene rings is 1. The molecule has 10 heteroatoms. The Morgan fingerprint density at radius 3 is 2.11 bits per heavy atom. The van der Waals surface area contributed by atoms with Crippen molar-refractivity contribution in [3.8, 4) is 0 Å². The first kappa shape index (κ1) is 23.0. The van der Waals surface area contributed by atoms with Gasteiger partial charge in [0.1, 0.15) is 0 Å². The molecule has 2 aromatic rings. The fourth-order valence-electron chi connectivity index (χ4n) is 2.11. The van der Waals surface area contributed by atoms with E-state index in [0.29, 0.717) is 0 Å². The van der Waals surface area contributed by atoms with Crippen LogP contribution >= 0.6 is 7.81 Å². The van der Waals surface area contributed by atoms with Gasteiger partial charge in [-0.1, -0.05) is 37.6 Å². The van der Waals surface area contributed by atoms with Crippen LogP contribution in [0.4, 0.5) is 25.2 Å². The van der Waals surface area contributed by atoms with Gasteiger partial charge in [0.25, 0.3) is 0 Å². The van der Waals surface area contributed by atoms with Crippen molar-refractivity contribution in [1.29, 1.82) is 0 Å². The van der Waals surface area contributed by atoms with E-state index in [-0.39, 0.29) is 1.43 Å². The van der Waals surface area contributed by atoms with Gasteiger partial charge in [0.05, 0.1) is 12.2 Å². The Balaban J connectivity index is 0.000000392. The van der Waals surface area contributed by atoms with Crippen molar-refractivity contribution >= 4 is 18.7 Å². The second-order valence-electron chi connectivity index (χ2n) is 6.02. The number of halogens is 6. The predicted molar refractivity (Wildman–Crippen MR) is 99.8 cm³/mol. The maximum Gasteiger partial charge on any atom is 1.00 e. The van der Waals surface area contributed by atoms with Crippen LogP contribution in [0.1, 0.15) is 21.2 Å². The zero-order valence-electron chi connectivity index (χ0n) is 16.1. The molecule has 1 aromatic heterocycles. The maximum absolute atomic E-state index is 10.7. The van der Waals surface area contributed by atoms with E-state index in [1.165, 1.54) is 24.8 Å². The molecule has 1 aliphatic rings. The van der Waals surface area contributed by atoms with E-state index in [1.54, 1.807) is 0 Å². The number of para-hydroxylation sites is 1. The van der Waals surface area contributed by atoms with Gasteiger partial charge >= 0.3 is 34.4 Å². The third-order valence-electron chi connectivity index (χ3n) is 3.25. The number of pyridine rings is 1. The number of nitrogens with zero attached hydrogens (tertiary/aromatic N) is 3. The first-order chi connectivity index (χ1) is 12.2. The van der Waals surface area contributed by atoms with Gasteiger partial charge in [0.15, 0.2) is 0 Å². The Morgan fingerprint density at radius 1 is 1.00 bits per heavy atom. The molecule has 3 nitrogen and oxygen atoms in total. The summed E-state index contributed by atoms with van der Waals surface area (Å²) >= 11 is 0. The molecule has 0 bridgehead atoms. The van der Waals surface area contributed by atoms with Crippen LogP contribution in [0.5, 0.6) is 0 Å². The summed E-state index contributed by atoms with van der Waals surface area (Å²) in [6.45, 7) is 4.50. The number of fused-ring (bicyclic) bond motifs is 1. The molecule has 0 fully saturated rings. The van der Waals surface area contributed by atoms with E-state index in [9.17, 15) is 25.2 Å². The van der Waals surface area contributed by atoms with Crippen LogP contribution in [-0.4, -0.2) is 35.0 Å². The Labute approximate surface area is 156 Å². The Morgan fingerprint density at radius 2 is 1.59 bits per heavy atom. The van der Waals surface area contributed by atoms with Crippen LogP contribution in [-0.2, 0) is 0 Å². The van der Waals surface area contributed by atoms with Gasteiger partial charge in [0, 0.05) is 37.6 Å². The van der Waals surface area contributed by atoms with Gasteiger partial charge in [-0.25, -0.2) is 0 Å². The summed E-state index contributed by atoms with van der Waals surface area (Å²) in [6.07, 6.45) is 8.68. The molecule has 0 spiro atoms. The quantitative estimate of drug-likeness (QED) is 0.391. The van der Waals surface area contributed by atoms with Crippen LogP contribution in [0.3, 0.4) is 0 Å². The van der Waals surface area contributed by atoms with Crippen molar-refractivity contribution in [2.75, 3.05) is 20.3 Å². The Kier molecular flexibility index (Phi) is 7.11. The van der Waals surface area contributed by atoms with Gasteiger partial charge in [-0.3, -0.25) is 4.98 Å². The number of aromatic nitrogens is 1. The molecule has 0 radical (unpaired) electrons. The molecule has 1 aliphatic heterocycles.